The first-order valence-electron chi connectivity index (χ1n) is 14.3. The molecule has 1 amide bonds. The third kappa shape index (κ3) is 6.62. The molecule has 0 spiro atoms. The lowest BCUT2D eigenvalue weighted by molar-refractivity contribution is 0.0955. The van der Waals surface area contributed by atoms with Crippen LogP contribution in [0.3, 0.4) is 0 Å². The van der Waals surface area contributed by atoms with Crippen LogP contribution in [0.2, 0.25) is 0 Å². The smallest absolute Gasteiger partial charge is 0.271 e. The minimum atomic E-state index is -0.276. The van der Waals surface area contributed by atoms with Crippen LogP contribution in [0.15, 0.2) is 70.6 Å². The minimum Gasteiger partial charge on any atom is -0.494 e. The first kappa shape index (κ1) is 27.6. The molecular weight excluding hydrogens is 504 g/mol. The number of benzene rings is 2. The number of piperidine rings is 1. The summed E-state index contributed by atoms with van der Waals surface area (Å²) in [5.41, 5.74) is 6.36. The number of hydrazone groups is 1. The van der Waals surface area contributed by atoms with Gasteiger partial charge in [0.15, 0.2) is 0 Å². The van der Waals surface area contributed by atoms with Gasteiger partial charge in [0.05, 0.1) is 19.4 Å². The lowest BCUT2D eigenvalue weighted by atomic mass is 9.83. The molecule has 1 aromatic heterocycles. The number of likely N-dealkylation sites (tertiary alicyclic amines) is 1. The number of carbonyl (C=O) groups excluding carboxylic acids is 1. The van der Waals surface area contributed by atoms with E-state index in [2.05, 4.69) is 34.5 Å². The Morgan fingerprint density at radius 3 is 2.70 bits per heavy atom. The van der Waals surface area contributed by atoms with E-state index < -0.39 is 0 Å². The maximum Gasteiger partial charge on any atom is 0.271 e. The number of hydrogen-bond acceptors (Lipinski definition) is 6. The average Bonchev–Trinajstić information content (AvgIpc) is 2.95. The highest BCUT2D eigenvalue weighted by Gasteiger charge is 2.34. The highest BCUT2D eigenvalue weighted by Crippen LogP contribution is 2.36. The van der Waals surface area contributed by atoms with Gasteiger partial charge in [-0.3, -0.25) is 14.5 Å². The van der Waals surface area contributed by atoms with Gasteiger partial charge in [-0.05, 0) is 79.8 Å². The molecule has 2 unspecified atom stereocenters. The van der Waals surface area contributed by atoms with Crippen LogP contribution in [-0.2, 0) is 13.1 Å². The van der Waals surface area contributed by atoms with Gasteiger partial charge in [-0.2, -0.15) is 5.10 Å². The van der Waals surface area contributed by atoms with Gasteiger partial charge >= 0.3 is 0 Å². The van der Waals surface area contributed by atoms with E-state index in [-0.39, 0.29) is 11.5 Å². The van der Waals surface area contributed by atoms with Crippen LogP contribution in [0.25, 0.3) is 0 Å². The second-order valence-electron chi connectivity index (χ2n) is 10.6. The second-order valence-corrected chi connectivity index (χ2v) is 10.6. The van der Waals surface area contributed by atoms with Crippen molar-refractivity contribution in [3.05, 3.63) is 93.4 Å². The van der Waals surface area contributed by atoms with E-state index >= 15 is 0 Å². The van der Waals surface area contributed by atoms with Crippen molar-refractivity contribution >= 4 is 12.1 Å². The fourth-order valence-electron chi connectivity index (χ4n) is 5.73. The van der Waals surface area contributed by atoms with Gasteiger partial charge in [-0.15, -0.1) is 0 Å². The Hall–Kier alpha value is -3.91. The lowest BCUT2D eigenvalue weighted by Gasteiger charge is -2.43. The van der Waals surface area contributed by atoms with E-state index in [4.69, 9.17) is 9.47 Å². The van der Waals surface area contributed by atoms with Crippen LogP contribution in [0.1, 0.15) is 66.2 Å². The fraction of sp³-hybridized carbons (Fsp3) is 0.406. The van der Waals surface area contributed by atoms with Crippen molar-refractivity contribution in [2.75, 3.05) is 26.3 Å². The Bertz CT molecular complexity index is 1400. The summed E-state index contributed by atoms with van der Waals surface area (Å²) < 4.78 is 13.6. The molecule has 1 fully saturated rings. The zero-order chi connectivity index (χ0) is 27.9. The van der Waals surface area contributed by atoms with E-state index in [1.54, 1.807) is 36.5 Å². The molecule has 210 valence electrons. The van der Waals surface area contributed by atoms with E-state index in [0.717, 1.165) is 73.8 Å². The van der Waals surface area contributed by atoms with Crippen molar-refractivity contribution in [1.82, 2.24) is 14.9 Å². The predicted molar refractivity (Wildman–Crippen MR) is 156 cm³/mol. The van der Waals surface area contributed by atoms with Crippen LogP contribution < -0.4 is 20.5 Å². The van der Waals surface area contributed by atoms with Crippen molar-refractivity contribution in [2.45, 2.75) is 52.1 Å². The number of pyridine rings is 1. The van der Waals surface area contributed by atoms with Gasteiger partial charge in [0.1, 0.15) is 11.5 Å². The van der Waals surface area contributed by atoms with Gasteiger partial charge in [0.2, 0.25) is 0 Å². The van der Waals surface area contributed by atoms with Crippen LogP contribution in [-0.4, -0.2) is 47.9 Å². The number of aromatic nitrogens is 1. The number of unbranched alkanes of at least 4 members (excludes halogenated alkanes) is 1. The predicted octanol–water partition coefficient (Wildman–Crippen LogP) is 4.81. The van der Waals surface area contributed by atoms with Crippen molar-refractivity contribution < 1.29 is 14.3 Å². The first-order chi connectivity index (χ1) is 19.5. The van der Waals surface area contributed by atoms with Crippen molar-refractivity contribution in [3.8, 4) is 11.5 Å². The van der Waals surface area contributed by atoms with E-state index in [9.17, 15) is 9.59 Å². The first-order valence-corrected chi connectivity index (χ1v) is 14.3. The molecular formula is C32H38N4O4. The molecule has 0 saturated carbocycles. The molecule has 0 aliphatic carbocycles. The molecule has 40 heavy (non-hydrogen) atoms. The molecule has 3 heterocycles. The van der Waals surface area contributed by atoms with Gasteiger partial charge in [0.25, 0.3) is 11.5 Å². The topological polar surface area (TPSA) is 85.2 Å². The molecule has 8 heteroatoms. The monoisotopic (exact) mass is 542 g/mol. The van der Waals surface area contributed by atoms with Crippen molar-refractivity contribution in [2.24, 2.45) is 11.0 Å². The quantitative estimate of drug-likeness (QED) is 0.214. The lowest BCUT2D eigenvalue weighted by Crippen LogP contribution is -2.46. The third-order valence-electron chi connectivity index (χ3n) is 7.60. The normalized spacial score (nSPS) is 18.4. The van der Waals surface area contributed by atoms with Gasteiger partial charge < -0.3 is 14.0 Å². The number of amides is 1. The Balaban J connectivity index is 1.23. The molecule has 0 radical (unpaired) electrons. The maximum atomic E-state index is 12.6. The van der Waals surface area contributed by atoms with Gasteiger partial charge in [-0.25, -0.2) is 5.43 Å². The molecule has 2 aliphatic heterocycles. The summed E-state index contributed by atoms with van der Waals surface area (Å²) in [5, 5.41) is 4.20. The summed E-state index contributed by atoms with van der Waals surface area (Å²) in [4.78, 5) is 27.4. The molecule has 1 saturated heterocycles. The number of nitrogens with one attached hydrogen (secondary N) is 1. The summed E-state index contributed by atoms with van der Waals surface area (Å²) in [5.74, 6) is 2.15. The third-order valence-corrected chi connectivity index (χ3v) is 7.60. The van der Waals surface area contributed by atoms with Gasteiger partial charge in [-0.1, -0.05) is 19.4 Å². The summed E-state index contributed by atoms with van der Waals surface area (Å²) >= 11 is 0. The number of carbonyl (C=O) groups is 1. The SMILES string of the molecule is CCCCOc1ccc(C(=O)NN=Cc2ccc(OCC)c(CN3CC4CC(C3)c3cccc(=O)n3C4)c2)cc1. The van der Waals surface area contributed by atoms with Crippen LogP contribution in [0.4, 0.5) is 0 Å². The Morgan fingerprint density at radius 1 is 1.05 bits per heavy atom. The molecule has 3 aromatic rings. The van der Waals surface area contributed by atoms with E-state index in [1.165, 1.54) is 0 Å². The molecule has 2 bridgehead atoms. The number of hydrogen-bond donors (Lipinski definition) is 1. The Kier molecular flexibility index (Phi) is 8.96. The molecule has 2 aromatic carbocycles. The van der Waals surface area contributed by atoms with Crippen LogP contribution in [0.5, 0.6) is 11.5 Å². The largest absolute Gasteiger partial charge is 0.494 e. The summed E-state index contributed by atoms with van der Waals surface area (Å²) in [6.45, 7) is 8.74. The fourth-order valence-corrected chi connectivity index (χ4v) is 5.73. The maximum absolute atomic E-state index is 12.6. The number of fused-ring (bicyclic) bond motifs is 4. The highest BCUT2D eigenvalue weighted by atomic mass is 16.5. The number of nitrogens with zero attached hydrogens (tertiary/aromatic N) is 3. The van der Waals surface area contributed by atoms with E-state index in [0.29, 0.717) is 30.6 Å². The zero-order valence-electron chi connectivity index (χ0n) is 23.3. The molecule has 2 atom stereocenters. The second kappa shape index (κ2) is 13.0. The summed E-state index contributed by atoms with van der Waals surface area (Å²) in [6, 6.07) is 18.7. The number of rotatable bonds is 11. The van der Waals surface area contributed by atoms with Crippen molar-refractivity contribution in [1.29, 1.82) is 0 Å². The Morgan fingerprint density at radius 2 is 1.90 bits per heavy atom. The highest BCUT2D eigenvalue weighted by molar-refractivity contribution is 5.95. The van der Waals surface area contributed by atoms with E-state index in [1.807, 2.05) is 29.7 Å². The molecule has 5 rings (SSSR count). The minimum absolute atomic E-state index is 0.104. The van der Waals surface area contributed by atoms with Crippen LogP contribution >= 0.6 is 0 Å². The van der Waals surface area contributed by atoms with Crippen LogP contribution in [0, 0.1) is 5.92 Å². The zero-order valence-corrected chi connectivity index (χ0v) is 23.3. The Labute approximate surface area is 235 Å². The molecule has 2 aliphatic rings. The number of ether oxygens (including phenoxy) is 2. The summed E-state index contributed by atoms with van der Waals surface area (Å²) in [6.07, 6.45) is 4.86. The summed E-state index contributed by atoms with van der Waals surface area (Å²) in [7, 11) is 0. The average molecular weight is 543 g/mol. The van der Waals surface area contributed by atoms with Crippen molar-refractivity contribution in [3.63, 3.8) is 0 Å². The molecule has 1 N–H and O–H groups in total. The molecule has 8 nitrogen and oxygen atoms in total. The van der Waals surface area contributed by atoms with Gasteiger partial charge in [0, 0.05) is 55.0 Å². The standard InChI is InChI=1S/C32H38N4O4/c1-3-5-15-40-28-12-10-25(11-13-28)32(38)34-33-18-23-9-14-30(39-4-2)27(16-23)22-35-19-24-17-26(21-35)29-7-6-8-31(37)36(29)20-24/h6-14,16,18,24,26H,3-5,15,17,19-22H2,1-2H3,(H,34,38).